The summed E-state index contributed by atoms with van der Waals surface area (Å²) >= 11 is 12.1. The molecule has 0 spiro atoms. The van der Waals surface area contributed by atoms with Crippen LogP contribution < -0.4 is 0 Å². The monoisotopic (exact) mass is 283 g/mol. The van der Waals surface area contributed by atoms with Crippen LogP contribution in [0.1, 0.15) is 24.2 Å². The Morgan fingerprint density at radius 1 is 1.39 bits per heavy atom. The highest BCUT2D eigenvalue weighted by Gasteiger charge is 2.15. The van der Waals surface area contributed by atoms with Crippen molar-refractivity contribution in [3.63, 3.8) is 0 Å². The van der Waals surface area contributed by atoms with Crippen LogP contribution in [-0.2, 0) is 13.0 Å². The first-order valence-electron chi connectivity index (χ1n) is 5.92. The van der Waals surface area contributed by atoms with E-state index in [1.165, 1.54) is 0 Å². The second-order valence-corrected chi connectivity index (χ2v) is 4.85. The molecule has 2 rings (SSSR count). The summed E-state index contributed by atoms with van der Waals surface area (Å²) in [4.78, 5) is 4.28. The zero-order valence-corrected chi connectivity index (χ0v) is 11.7. The number of aryl methyl sites for hydroxylation is 1. The Morgan fingerprint density at radius 2 is 2.22 bits per heavy atom. The van der Waals surface area contributed by atoms with Gasteiger partial charge < -0.3 is 0 Å². The van der Waals surface area contributed by atoms with E-state index in [1.807, 2.05) is 35.9 Å². The van der Waals surface area contributed by atoms with Gasteiger partial charge in [0.25, 0.3) is 0 Å². The van der Waals surface area contributed by atoms with E-state index < -0.39 is 0 Å². The average molecular weight is 284 g/mol. The lowest BCUT2D eigenvalue weighted by molar-refractivity contribution is 0.590. The molecule has 0 saturated heterocycles. The number of nitrogens with zero attached hydrogens (tertiary/aromatic N) is 3. The number of alkyl halides is 1. The van der Waals surface area contributed by atoms with Crippen molar-refractivity contribution in [3.05, 3.63) is 47.0 Å². The van der Waals surface area contributed by atoms with Gasteiger partial charge in [-0.3, -0.25) is 4.68 Å². The Bertz CT molecular complexity index is 510. The van der Waals surface area contributed by atoms with Gasteiger partial charge in [-0.1, -0.05) is 23.7 Å². The van der Waals surface area contributed by atoms with E-state index in [9.17, 15) is 0 Å². The van der Waals surface area contributed by atoms with E-state index in [2.05, 4.69) is 10.1 Å². The predicted molar refractivity (Wildman–Crippen MR) is 74.3 cm³/mol. The van der Waals surface area contributed by atoms with Gasteiger partial charge in [0.1, 0.15) is 12.2 Å². The molecule has 3 nitrogen and oxygen atoms in total. The maximum Gasteiger partial charge on any atom is 0.138 e. The fraction of sp³-hybridized carbons (Fsp3) is 0.385. The van der Waals surface area contributed by atoms with Gasteiger partial charge in [-0.25, -0.2) is 4.98 Å². The second kappa shape index (κ2) is 6.21. The Morgan fingerprint density at radius 3 is 2.89 bits per heavy atom. The van der Waals surface area contributed by atoms with Gasteiger partial charge in [0, 0.05) is 29.8 Å². The van der Waals surface area contributed by atoms with Crippen LogP contribution in [0.4, 0.5) is 0 Å². The van der Waals surface area contributed by atoms with Gasteiger partial charge in [0.05, 0.1) is 0 Å². The summed E-state index contributed by atoms with van der Waals surface area (Å²) in [6.45, 7) is 2.87. The Labute approximate surface area is 117 Å². The normalized spacial score (nSPS) is 12.6. The van der Waals surface area contributed by atoms with Crippen LogP contribution in [0.25, 0.3) is 0 Å². The molecule has 1 unspecified atom stereocenters. The summed E-state index contributed by atoms with van der Waals surface area (Å²) in [5, 5.41) is 4.91. The van der Waals surface area contributed by atoms with Gasteiger partial charge in [-0.05, 0) is 24.6 Å². The fourth-order valence-electron chi connectivity index (χ4n) is 1.95. The molecule has 0 saturated carbocycles. The molecule has 2 aromatic rings. The molecule has 1 heterocycles. The Hall–Kier alpha value is -1.06. The van der Waals surface area contributed by atoms with Crippen LogP contribution in [0, 0.1) is 0 Å². The topological polar surface area (TPSA) is 30.7 Å². The maximum absolute atomic E-state index is 6.07. The summed E-state index contributed by atoms with van der Waals surface area (Å²) in [7, 11) is 0. The van der Waals surface area contributed by atoms with Crippen LogP contribution in [-0.4, -0.2) is 20.6 Å². The van der Waals surface area contributed by atoms with Crippen molar-refractivity contribution in [2.45, 2.75) is 25.8 Å². The number of aromatic nitrogens is 3. The first kappa shape index (κ1) is 13.4. The van der Waals surface area contributed by atoms with E-state index in [1.54, 1.807) is 6.33 Å². The number of benzene rings is 1. The molecule has 0 aliphatic heterocycles. The lowest BCUT2D eigenvalue weighted by Gasteiger charge is -2.14. The highest BCUT2D eigenvalue weighted by atomic mass is 35.5. The molecule has 5 heteroatoms. The number of hydrogen-bond acceptors (Lipinski definition) is 2. The molecule has 0 N–H and O–H groups in total. The zero-order valence-electron chi connectivity index (χ0n) is 10.2. The summed E-state index contributed by atoms with van der Waals surface area (Å²) in [5.74, 6) is 1.71. The third-order valence-electron chi connectivity index (χ3n) is 2.93. The predicted octanol–water partition coefficient (Wildman–Crippen LogP) is 3.52. The quantitative estimate of drug-likeness (QED) is 0.786. The largest absolute Gasteiger partial charge is 0.250 e. The van der Waals surface area contributed by atoms with Crippen molar-refractivity contribution in [1.82, 2.24) is 14.8 Å². The lowest BCUT2D eigenvalue weighted by Crippen LogP contribution is -2.11. The standard InChI is InChI=1S/C13H15Cl2N3/c1-2-18-13(16-9-17-18)7-11(8-14)10-4-3-5-12(15)6-10/h3-6,9,11H,2,7-8H2,1H3. The van der Waals surface area contributed by atoms with Crippen LogP contribution in [0.5, 0.6) is 0 Å². The molecule has 18 heavy (non-hydrogen) atoms. The molecule has 0 radical (unpaired) electrons. The van der Waals surface area contributed by atoms with Gasteiger partial charge in [0.2, 0.25) is 0 Å². The van der Waals surface area contributed by atoms with Crippen molar-refractivity contribution in [2.24, 2.45) is 0 Å². The van der Waals surface area contributed by atoms with Crippen LogP contribution in [0.15, 0.2) is 30.6 Å². The SMILES string of the molecule is CCn1ncnc1CC(CCl)c1cccc(Cl)c1. The van der Waals surface area contributed by atoms with Crippen molar-refractivity contribution in [2.75, 3.05) is 5.88 Å². The minimum Gasteiger partial charge on any atom is -0.250 e. The molecular formula is C13H15Cl2N3. The second-order valence-electron chi connectivity index (χ2n) is 4.10. The summed E-state index contributed by atoms with van der Waals surface area (Å²) in [6, 6.07) is 7.82. The molecule has 1 aromatic heterocycles. The first-order chi connectivity index (χ1) is 8.74. The molecule has 0 bridgehead atoms. The lowest BCUT2D eigenvalue weighted by atomic mass is 9.97. The van der Waals surface area contributed by atoms with Gasteiger partial charge >= 0.3 is 0 Å². The van der Waals surface area contributed by atoms with Crippen LogP contribution in [0.2, 0.25) is 5.02 Å². The molecule has 0 aliphatic rings. The smallest absolute Gasteiger partial charge is 0.138 e. The number of hydrogen-bond donors (Lipinski definition) is 0. The van der Waals surface area contributed by atoms with Crippen LogP contribution >= 0.6 is 23.2 Å². The molecule has 1 atom stereocenters. The Balaban J connectivity index is 2.20. The zero-order chi connectivity index (χ0) is 13.0. The molecule has 0 amide bonds. The minimum atomic E-state index is 0.208. The Kier molecular flexibility index (Phi) is 4.61. The maximum atomic E-state index is 6.07. The van der Waals surface area contributed by atoms with Crippen molar-refractivity contribution < 1.29 is 0 Å². The van der Waals surface area contributed by atoms with Gasteiger partial charge in [0.15, 0.2) is 0 Å². The third-order valence-corrected chi connectivity index (χ3v) is 3.54. The average Bonchev–Trinajstić information content (AvgIpc) is 2.83. The van der Waals surface area contributed by atoms with Crippen molar-refractivity contribution in [3.8, 4) is 0 Å². The molecule has 1 aromatic carbocycles. The first-order valence-corrected chi connectivity index (χ1v) is 6.84. The summed E-state index contributed by atoms with van der Waals surface area (Å²) < 4.78 is 1.89. The van der Waals surface area contributed by atoms with E-state index in [-0.39, 0.29) is 5.92 Å². The van der Waals surface area contributed by atoms with Crippen molar-refractivity contribution >= 4 is 23.2 Å². The summed E-state index contributed by atoms with van der Waals surface area (Å²) in [5.41, 5.74) is 1.14. The van der Waals surface area contributed by atoms with E-state index >= 15 is 0 Å². The third kappa shape index (κ3) is 3.03. The molecule has 96 valence electrons. The minimum absolute atomic E-state index is 0.208. The highest BCUT2D eigenvalue weighted by Crippen LogP contribution is 2.24. The number of rotatable bonds is 5. The molecular weight excluding hydrogens is 269 g/mol. The number of halogens is 2. The van der Waals surface area contributed by atoms with Crippen molar-refractivity contribution in [1.29, 1.82) is 0 Å². The molecule has 0 fully saturated rings. The highest BCUT2D eigenvalue weighted by molar-refractivity contribution is 6.30. The summed E-state index contributed by atoms with van der Waals surface area (Å²) in [6.07, 6.45) is 2.36. The van der Waals surface area contributed by atoms with E-state index in [0.29, 0.717) is 5.88 Å². The van der Waals surface area contributed by atoms with Gasteiger partial charge in [-0.15, -0.1) is 11.6 Å². The van der Waals surface area contributed by atoms with Gasteiger partial charge in [-0.2, -0.15) is 5.10 Å². The van der Waals surface area contributed by atoms with Crippen LogP contribution in [0.3, 0.4) is 0 Å². The fourth-order valence-corrected chi connectivity index (χ4v) is 2.44. The molecule has 0 aliphatic carbocycles. The van der Waals surface area contributed by atoms with E-state index in [4.69, 9.17) is 23.2 Å². The van der Waals surface area contributed by atoms with E-state index in [0.717, 1.165) is 29.4 Å².